The highest BCUT2D eigenvalue weighted by molar-refractivity contribution is 5.65. The van der Waals surface area contributed by atoms with Gasteiger partial charge < -0.3 is 24.0 Å². The summed E-state index contributed by atoms with van der Waals surface area (Å²) in [6.45, 7) is 5.71. The zero-order valence-electron chi connectivity index (χ0n) is 22.3. The molecule has 0 saturated heterocycles. The molecule has 0 bridgehead atoms. The van der Waals surface area contributed by atoms with Crippen LogP contribution in [0.2, 0.25) is 0 Å². The summed E-state index contributed by atoms with van der Waals surface area (Å²) in [6.07, 6.45) is 23.0. The van der Waals surface area contributed by atoms with Crippen molar-refractivity contribution < 1.29 is 24.0 Å². The predicted molar refractivity (Wildman–Crippen MR) is 136 cm³/mol. The Morgan fingerprint density at radius 2 is 1.18 bits per heavy atom. The lowest BCUT2D eigenvalue weighted by Gasteiger charge is -2.29. The Kier molecular flexibility index (Phi) is 23.9. The lowest BCUT2D eigenvalue weighted by molar-refractivity contribution is -0.885. The van der Waals surface area contributed by atoms with E-state index >= 15 is 0 Å². The molecule has 0 aromatic rings. The van der Waals surface area contributed by atoms with Crippen molar-refractivity contribution in [1.82, 2.24) is 5.48 Å². The lowest BCUT2D eigenvalue weighted by atomic mass is 10.0. The Labute approximate surface area is 205 Å². The van der Waals surface area contributed by atoms with Crippen LogP contribution in [-0.4, -0.2) is 64.0 Å². The Bertz CT molecular complexity index is 419. The topological polar surface area (TPSA) is 70.6 Å². The normalized spacial score (nSPS) is 11.8. The first-order valence-electron chi connectivity index (χ1n) is 13.9. The van der Waals surface area contributed by atoms with Crippen LogP contribution in [0.5, 0.6) is 0 Å². The van der Waals surface area contributed by atoms with Gasteiger partial charge in [-0.05, 0) is 12.8 Å². The van der Waals surface area contributed by atoms with Crippen LogP contribution >= 0.6 is 0 Å². The third-order valence-electron chi connectivity index (χ3n) is 6.17. The number of nitrogens with one attached hydrogen (secondary N) is 1. The van der Waals surface area contributed by atoms with Gasteiger partial charge in [0.25, 0.3) is 0 Å². The number of carboxylic acids is 1. The molecule has 0 rings (SSSR count). The van der Waals surface area contributed by atoms with Crippen molar-refractivity contribution in [1.29, 1.82) is 0 Å². The smallest absolute Gasteiger partial charge is 0.119 e. The van der Waals surface area contributed by atoms with Gasteiger partial charge in [0.05, 0.1) is 33.3 Å². The number of hydrogen-bond acceptors (Lipinski definition) is 5. The second-order valence-electron chi connectivity index (χ2n) is 10.2. The average molecular weight is 473 g/mol. The third kappa shape index (κ3) is 27.4. The molecular weight excluding hydrogens is 416 g/mol. The van der Waals surface area contributed by atoms with Crippen molar-refractivity contribution in [2.24, 2.45) is 0 Å². The molecule has 0 saturated carbocycles. The van der Waals surface area contributed by atoms with Crippen molar-refractivity contribution in [3.8, 4) is 0 Å². The van der Waals surface area contributed by atoms with E-state index in [1.54, 1.807) is 0 Å². The first-order valence-corrected chi connectivity index (χ1v) is 13.9. The minimum Gasteiger partial charge on any atom is -0.544 e. The van der Waals surface area contributed by atoms with Gasteiger partial charge in [0.2, 0.25) is 0 Å². The molecule has 0 radical (unpaired) electrons. The molecule has 198 valence electrons. The summed E-state index contributed by atoms with van der Waals surface area (Å²) >= 11 is 0. The van der Waals surface area contributed by atoms with Gasteiger partial charge in [-0.25, -0.2) is 5.48 Å². The van der Waals surface area contributed by atoms with Crippen LogP contribution in [0.25, 0.3) is 0 Å². The number of carbonyl (C=O) groups excluding carboxylic acids is 1. The van der Waals surface area contributed by atoms with E-state index in [0.717, 1.165) is 26.0 Å². The van der Waals surface area contributed by atoms with Crippen LogP contribution in [0.4, 0.5) is 0 Å². The number of ether oxygens (including phenoxy) is 1. The summed E-state index contributed by atoms with van der Waals surface area (Å²) < 4.78 is 5.95. The maximum Gasteiger partial charge on any atom is 0.119 e. The molecule has 0 aliphatic rings. The summed E-state index contributed by atoms with van der Waals surface area (Å²) in [6, 6.07) is 0. The van der Waals surface area contributed by atoms with E-state index in [9.17, 15) is 9.90 Å². The number of likely N-dealkylation sites (N-methyl/N-ethyl adjacent to an activating group) is 1. The third-order valence-corrected chi connectivity index (χ3v) is 6.17. The molecule has 0 aromatic carbocycles. The largest absolute Gasteiger partial charge is 0.544 e. The average Bonchev–Trinajstić information content (AvgIpc) is 2.75. The minimum atomic E-state index is -1.02. The van der Waals surface area contributed by atoms with Crippen LogP contribution in [-0.2, 0) is 14.4 Å². The second kappa shape index (κ2) is 24.4. The fourth-order valence-corrected chi connectivity index (χ4v) is 3.96. The van der Waals surface area contributed by atoms with E-state index in [4.69, 9.17) is 9.57 Å². The van der Waals surface area contributed by atoms with E-state index in [1.165, 1.54) is 96.3 Å². The Hall–Kier alpha value is -0.690. The van der Waals surface area contributed by atoms with Crippen LogP contribution in [0, 0.1) is 0 Å². The molecule has 0 spiro atoms. The maximum atomic E-state index is 10.7. The van der Waals surface area contributed by atoms with E-state index in [0.29, 0.717) is 24.2 Å². The van der Waals surface area contributed by atoms with Crippen molar-refractivity contribution in [2.45, 2.75) is 116 Å². The monoisotopic (exact) mass is 472 g/mol. The molecule has 1 N–H and O–H groups in total. The number of carboxylic acid groups (broad SMARTS) is 1. The second-order valence-corrected chi connectivity index (χ2v) is 10.2. The Morgan fingerprint density at radius 1 is 0.697 bits per heavy atom. The number of hydrogen-bond donors (Lipinski definition) is 1. The molecule has 0 heterocycles. The summed E-state index contributed by atoms with van der Waals surface area (Å²) in [5.74, 6) is -1.02. The van der Waals surface area contributed by atoms with Crippen molar-refractivity contribution in [3.63, 3.8) is 0 Å². The van der Waals surface area contributed by atoms with Crippen molar-refractivity contribution in [3.05, 3.63) is 0 Å². The summed E-state index contributed by atoms with van der Waals surface area (Å²) in [4.78, 5) is 16.1. The van der Waals surface area contributed by atoms with Gasteiger partial charge in [-0.15, -0.1) is 0 Å². The predicted octanol–water partition coefficient (Wildman–Crippen LogP) is 5.00. The SMILES string of the molecule is CCCCCCCCCCCCCCCCCCONCCCOCC[N+](C)(C)CC(=O)[O-]. The standard InChI is InChI=1S/C27H56N2O4/c1-4-5-6-7-8-9-10-11-12-13-14-15-16-17-18-19-24-33-28-21-20-23-32-25-22-29(2,3)26-27(30)31/h28H,4-26H2,1-3H3. The zero-order chi connectivity index (χ0) is 24.5. The highest BCUT2D eigenvalue weighted by Gasteiger charge is 2.14. The van der Waals surface area contributed by atoms with Crippen LogP contribution < -0.4 is 10.6 Å². The van der Waals surface area contributed by atoms with Gasteiger partial charge in [0.1, 0.15) is 13.1 Å². The molecule has 0 unspecified atom stereocenters. The number of aliphatic carboxylic acids is 1. The van der Waals surface area contributed by atoms with Gasteiger partial charge in [0.15, 0.2) is 0 Å². The van der Waals surface area contributed by atoms with Gasteiger partial charge >= 0.3 is 0 Å². The molecule has 0 aliphatic carbocycles. The lowest BCUT2D eigenvalue weighted by Crippen LogP contribution is -2.49. The molecule has 0 atom stereocenters. The summed E-state index contributed by atoms with van der Waals surface area (Å²) in [7, 11) is 3.74. The first-order chi connectivity index (χ1) is 16.0. The number of rotatable bonds is 27. The molecule has 0 aromatic heterocycles. The maximum absolute atomic E-state index is 10.7. The zero-order valence-corrected chi connectivity index (χ0v) is 22.3. The first kappa shape index (κ1) is 32.3. The van der Waals surface area contributed by atoms with Crippen LogP contribution in [0.1, 0.15) is 116 Å². The van der Waals surface area contributed by atoms with E-state index in [2.05, 4.69) is 12.4 Å². The number of carbonyl (C=O) groups is 1. The molecule has 6 heteroatoms. The molecule has 0 aliphatic heterocycles. The van der Waals surface area contributed by atoms with Crippen LogP contribution in [0.3, 0.4) is 0 Å². The number of nitrogens with zero attached hydrogens (tertiary/aromatic N) is 1. The van der Waals surface area contributed by atoms with Crippen molar-refractivity contribution >= 4 is 5.97 Å². The minimum absolute atomic E-state index is 0.0120. The summed E-state index contributed by atoms with van der Waals surface area (Å²) in [5.41, 5.74) is 3.00. The fraction of sp³-hybridized carbons (Fsp3) is 0.963. The Balaban J connectivity index is 3.12. The molecular formula is C27H56N2O4. The molecule has 6 nitrogen and oxygen atoms in total. The van der Waals surface area contributed by atoms with Gasteiger partial charge in [0, 0.05) is 13.2 Å². The molecule has 33 heavy (non-hydrogen) atoms. The molecule has 0 fully saturated rings. The highest BCUT2D eigenvalue weighted by Crippen LogP contribution is 2.13. The van der Waals surface area contributed by atoms with Gasteiger partial charge in [-0.3, -0.25) is 0 Å². The van der Waals surface area contributed by atoms with Crippen LogP contribution in [0.15, 0.2) is 0 Å². The van der Waals surface area contributed by atoms with E-state index in [-0.39, 0.29) is 6.54 Å². The number of hydroxylamine groups is 1. The van der Waals surface area contributed by atoms with Gasteiger partial charge in [-0.2, -0.15) is 0 Å². The number of unbranched alkanes of at least 4 members (excludes halogenated alkanes) is 15. The highest BCUT2D eigenvalue weighted by atomic mass is 16.6. The molecule has 0 amide bonds. The number of quaternary nitrogens is 1. The van der Waals surface area contributed by atoms with Crippen molar-refractivity contribution in [2.75, 3.05) is 53.6 Å². The summed E-state index contributed by atoms with van der Waals surface area (Å²) in [5, 5.41) is 10.7. The fourth-order valence-electron chi connectivity index (χ4n) is 3.96. The quantitative estimate of drug-likeness (QED) is 0.103. The van der Waals surface area contributed by atoms with Gasteiger partial charge in [-0.1, -0.05) is 103 Å². The van der Waals surface area contributed by atoms with E-state index < -0.39 is 5.97 Å². The Morgan fingerprint density at radius 3 is 1.67 bits per heavy atom. The van der Waals surface area contributed by atoms with E-state index in [1.807, 2.05) is 14.1 Å².